The molecule has 2 fully saturated rings. The van der Waals surface area contributed by atoms with Gasteiger partial charge in [0, 0.05) is 0 Å². The Morgan fingerprint density at radius 1 is 1.64 bits per heavy atom. The van der Waals surface area contributed by atoms with Crippen molar-refractivity contribution in [3.05, 3.63) is 0 Å². The second-order valence-electron chi connectivity index (χ2n) is 4.32. The van der Waals surface area contributed by atoms with Crippen LogP contribution in [0.2, 0.25) is 0 Å². The first-order chi connectivity index (χ1) is 6.66. The Hall–Kier alpha value is -0.610. The number of hydroxylamine groups is 2. The highest BCUT2D eigenvalue weighted by Gasteiger charge is 2.41. The minimum atomic E-state index is -0.369. The number of hydrogen-bond acceptors (Lipinski definition) is 3. The predicted molar refractivity (Wildman–Crippen MR) is 50.2 cm³/mol. The number of carbonyl (C=O) groups excluding carboxylic acids is 1. The van der Waals surface area contributed by atoms with Gasteiger partial charge in [0.2, 0.25) is 5.91 Å². The second kappa shape index (κ2) is 3.87. The van der Waals surface area contributed by atoms with Crippen LogP contribution in [0, 0.1) is 5.92 Å². The molecule has 80 valence electrons. The Kier molecular flexibility index (Phi) is 2.74. The topological polar surface area (TPSA) is 49.8 Å². The molecular weight excluding hydrogens is 182 g/mol. The second-order valence-corrected chi connectivity index (χ2v) is 4.32. The maximum atomic E-state index is 11.4. The lowest BCUT2D eigenvalue weighted by atomic mass is 10.2. The molecule has 4 heteroatoms. The summed E-state index contributed by atoms with van der Waals surface area (Å²) >= 11 is 0. The van der Waals surface area contributed by atoms with Gasteiger partial charge in [0.15, 0.2) is 0 Å². The normalized spacial score (nSPS) is 29.7. The summed E-state index contributed by atoms with van der Waals surface area (Å²) in [5.41, 5.74) is 0. The molecule has 1 N–H and O–H groups in total. The van der Waals surface area contributed by atoms with E-state index in [9.17, 15) is 4.79 Å². The molecule has 4 nitrogen and oxygen atoms in total. The van der Waals surface area contributed by atoms with Gasteiger partial charge in [-0.2, -0.15) is 0 Å². The maximum Gasteiger partial charge on any atom is 0.248 e. The van der Waals surface area contributed by atoms with E-state index in [4.69, 9.17) is 9.94 Å². The Balaban J connectivity index is 1.78. The number of rotatable bonds is 4. The van der Waals surface area contributed by atoms with Crippen LogP contribution in [0.25, 0.3) is 0 Å². The van der Waals surface area contributed by atoms with E-state index in [0.717, 1.165) is 0 Å². The van der Waals surface area contributed by atoms with E-state index >= 15 is 0 Å². The summed E-state index contributed by atoms with van der Waals surface area (Å²) in [5.74, 6) is 0.679. The zero-order valence-corrected chi connectivity index (χ0v) is 8.48. The van der Waals surface area contributed by atoms with E-state index in [1.807, 2.05) is 0 Å². The van der Waals surface area contributed by atoms with Gasteiger partial charge in [-0.3, -0.25) is 9.63 Å². The monoisotopic (exact) mass is 199 g/mol. The number of aliphatic hydroxyl groups is 1. The van der Waals surface area contributed by atoms with E-state index in [-0.39, 0.29) is 18.1 Å². The van der Waals surface area contributed by atoms with Gasteiger partial charge < -0.3 is 5.11 Å². The molecule has 2 rings (SSSR count). The standard InChI is InChI=1S/C10H17NO3/c1-7(12)4-5-11-10(13)6-9(14-11)8-2-3-8/h7-9,12H,2-6H2,1H3. The van der Waals surface area contributed by atoms with Crippen molar-refractivity contribution in [3.8, 4) is 0 Å². The van der Waals surface area contributed by atoms with Crippen molar-refractivity contribution in [3.63, 3.8) is 0 Å². The molecule has 1 saturated heterocycles. The first-order valence-corrected chi connectivity index (χ1v) is 5.32. The summed E-state index contributed by atoms with van der Waals surface area (Å²) < 4.78 is 0. The molecule has 0 bridgehead atoms. The van der Waals surface area contributed by atoms with Gasteiger partial charge in [0.05, 0.1) is 25.2 Å². The number of hydrogen-bond donors (Lipinski definition) is 1. The van der Waals surface area contributed by atoms with Crippen LogP contribution in [0.15, 0.2) is 0 Å². The van der Waals surface area contributed by atoms with Crippen molar-refractivity contribution < 1.29 is 14.7 Å². The Bertz CT molecular complexity index is 225. The molecule has 2 aliphatic rings. The Morgan fingerprint density at radius 3 is 2.93 bits per heavy atom. The van der Waals surface area contributed by atoms with Gasteiger partial charge in [-0.1, -0.05) is 0 Å². The molecule has 2 atom stereocenters. The largest absolute Gasteiger partial charge is 0.393 e. The highest BCUT2D eigenvalue weighted by Crippen LogP contribution is 2.38. The number of amides is 1. The smallest absolute Gasteiger partial charge is 0.248 e. The number of aliphatic hydroxyl groups excluding tert-OH is 1. The maximum absolute atomic E-state index is 11.4. The van der Waals surface area contributed by atoms with Crippen LogP contribution in [0.3, 0.4) is 0 Å². The van der Waals surface area contributed by atoms with E-state index in [0.29, 0.717) is 25.3 Å². The first kappa shape index (κ1) is 9.93. The molecule has 1 aliphatic heterocycles. The fourth-order valence-electron chi connectivity index (χ4n) is 1.74. The highest BCUT2D eigenvalue weighted by molar-refractivity contribution is 5.77. The van der Waals surface area contributed by atoms with Crippen LogP contribution in [-0.4, -0.2) is 34.8 Å². The van der Waals surface area contributed by atoms with Gasteiger partial charge >= 0.3 is 0 Å². The third-order valence-corrected chi connectivity index (χ3v) is 2.81. The van der Waals surface area contributed by atoms with E-state index in [1.165, 1.54) is 17.9 Å². The summed E-state index contributed by atoms with van der Waals surface area (Å²) in [6, 6.07) is 0. The van der Waals surface area contributed by atoms with Gasteiger partial charge in [0.25, 0.3) is 0 Å². The van der Waals surface area contributed by atoms with E-state index < -0.39 is 0 Å². The summed E-state index contributed by atoms with van der Waals surface area (Å²) in [6.45, 7) is 2.23. The molecule has 2 unspecified atom stereocenters. The molecule has 14 heavy (non-hydrogen) atoms. The van der Waals surface area contributed by atoms with E-state index in [2.05, 4.69) is 0 Å². The fraction of sp³-hybridized carbons (Fsp3) is 0.900. The molecule has 0 radical (unpaired) electrons. The molecule has 0 aromatic carbocycles. The van der Waals surface area contributed by atoms with Crippen molar-refractivity contribution in [2.45, 2.75) is 44.8 Å². The van der Waals surface area contributed by atoms with Gasteiger partial charge in [-0.15, -0.1) is 0 Å². The lowest BCUT2D eigenvalue weighted by Crippen LogP contribution is -2.27. The summed E-state index contributed by atoms with van der Waals surface area (Å²) in [5, 5.41) is 10.5. The third kappa shape index (κ3) is 2.25. The van der Waals surface area contributed by atoms with Gasteiger partial charge in [-0.05, 0) is 32.1 Å². The lowest BCUT2D eigenvalue weighted by Gasteiger charge is -2.16. The summed E-state index contributed by atoms with van der Waals surface area (Å²) in [7, 11) is 0. The minimum Gasteiger partial charge on any atom is -0.393 e. The van der Waals surface area contributed by atoms with Crippen molar-refractivity contribution in [1.82, 2.24) is 5.06 Å². The molecule has 1 amide bonds. The minimum absolute atomic E-state index is 0.0718. The quantitative estimate of drug-likeness (QED) is 0.725. The SMILES string of the molecule is CC(O)CCN1OC(C2CC2)CC1=O. The van der Waals surface area contributed by atoms with Crippen molar-refractivity contribution in [2.24, 2.45) is 5.92 Å². The average molecular weight is 199 g/mol. The van der Waals surface area contributed by atoms with Gasteiger partial charge in [0.1, 0.15) is 0 Å². The van der Waals surface area contributed by atoms with E-state index in [1.54, 1.807) is 6.92 Å². The first-order valence-electron chi connectivity index (χ1n) is 5.32. The van der Waals surface area contributed by atoms with Crippen LogP contribution >= 0.6 is 0 Å². The summed E-state index contributed by atoms with van der Waals surface area (Å²) in [6.07, 6.45) is 3.26. The Labute approximate surface area is 83.8 Å². The Morgan fingerprint density at radius 2 is 2.36 bits per heavy atom. The predicted octanol–water partition coefficient (Wildman–Crippen LogP) is 0.700. The molecule has 0 aromatic heterocycles. The highest BCUT2D eigenvalue weighted by atomic mass is 16.7. The van der Waals surface area contributed by atoms with Crippen molar-refractivity contribution in [2.75, 3.05) is 6.54 Å². The van der Waals surface area contributed by atoms with Crippen LogP contribution in [0.1, 0.15) is 32.6 Å². The molecule has 0 spiro atoms. The third-order valence-electron chi connectivity index (χ3n) is 2.81. The van der Waals surface area contributed by atoms with Crippen LogP contribution in [0.5, 0.6) is 0 Å². The molecule has 1 aliphatic carbocycles. The van der Waals surface area contributed by atoms with Crippen LogP contribution < -0.4 is 0 Å². The van der Waals surface area contributed by atoms with Crippen LogP contribution in [-0.2, 0) is 9.63 Å². The zero-order valence-electron chi connectivity index (χ0n) is 8.48. The molecule has 1 saturated carbocycles. The molecular formula is C10H17NO3. The molecule has 0 aromatic rings. The number of carbonyl (C=O) groups is 1. The molecule has 1 heterocycles. The fourth-order valence-corrected chi connectivity index (χ4v) is 1.74. The summed E-state index contributed by atoms with van der Waals surface area (Å²) in [4.78, 5) is 17.0. The van der Waals surface area contributed by atoms with Crippen molar-refractivity contribution in [1.29, 1.82) is 0 Å². The zero-order chi connectivity index (χ0) is 10.1. The lowest BCUT2D eigenvalue weighted by molar-refractivity contribution is -0.176. The number of nitrogens with zero attached hydrogens (tertiary/aromatic N) is 1. The van der Waals surface area contributed by atoms with Gasteiger partial charge in [-0.25, -0.2) is 5.06 Å². The average Bonchev–Trinajstić information content (AvgIpc) is 2.88. The van der Waals surface area contributed by atoms with Crippen molar-refractivity contribution >= 4 is 5.91 Å². The van der Waals surface area contributed by atoms with Crippen LogP contribution in [0.4, 0.5) is 0 Å².